The molecule has 2 aliphatic heterocycles. The van der Waals surface area contributed by atoms with E-state index in [0.717, 1.165) is 30.6 Å². The lowest BCUT2D eigenvalue weighted by atomic mass is 9.96. The number of likely N-dealkylation sites (tertiary alicyclic amines) is 2. The van der Waals surface area contributed by atoms with Crippen LogP contribution in [-0.4, -0.2) is 55.0 Å². The summed E-state index contributed by atoms with van der Waals surface area (Å²) in [5.74, 6) is 0.602. The Morgan fingerprint density at radius 2 is 1.54 bits per heavy atom. The van der Waals surface area contributed by atoms with Gasteiger partial charge in [0.2, 0.25) is 0 Å². The molecule has 3 unspecified atom stereocenters. The van der Waals surface area contributed by atoms with Crippen molar-refractivity contribution in [2.45, 2.75) is 44.2 Å². The van der Waals surface area contributed by atoms with Gasteiger partial charge in [0.15, 0.2) is 0 Å². The zero-order valence-electron chi connectivity index (χ0n) is 21.1. The summed E-state index contributed by atoms with van der Waals surface area (Å²) >= 11 is 0. The van der Waals surface area contributed by atoms with Crippen molar-refractivity contribution in [3.8, 4) is 0 Å². The smallest absolute Gasteiger partial charge is 0.254 e. The standard InChI is InChI=1S/C25H33N3O.C6H6/c1-19(26-2)21-11-8-12-22(15-21)25(29)28-17-23(20-9-4-3-5-10-20)16-24(28)18-27-13-6-7-14-27;1-2-4-6-5-3-1/h3-5,8-12,15,19,23-24,26H,6-7,13-14,16-18H2,1-2H3;1-6H. The maximum atomic E-state index is 13.6. The number of nitrogens with one attached hydrogen (secondary N) is 1. The van der Waals surface area contributed by atoms with Crippen LogP contribution in [-0.2, 0) is 0 Å². The predicted molar refractivity (Wildman–Crippen MR) is 145 cm³/mol. The highest BCUT2D eigenvalue weighted by atomic mass is 16.2. The van der Waals surface area contributed by atoms with E-state index in [0.29, 0.717) is 5.92 Å². The molecule has 0 aromatic heterocycles. The van der Waals surface area contributed by atoms with Crippen LogP contribution in [0.15, 0.2) is 91.0 Å². The van der Waals surface area contributed by atoms with Gasteiger partial charge in [-0.3, -0.25) is 4.79 Å². The molecule has 3 atom stereocenters. The molecule has 2 fully saturated rings. The van der Waals surface area contributed by atoms with Crippen molar-refractivity contribution < 1.29 is 4.79 Å². The third-order valence-electron chi connectivity index (χ3n) is 7.35. The van der Waals surface area contributed by atoms with Crippen molar-refractivity contribution >= 4 is 5.91 Å². The van der Waals surface area contributed by atoms with Gasteiger partial charge in [-0.2, -0.15) is 0 Å². The van der Waals surface area contributed by atoms with Gasteiger partial charge in [-0.25, -0.2) is 0 Å². The number of nitrogens with zero attached hydrogens (tertiary/aromatic N) is 2. The van der Waals surface area contributed by atoms with E-state index < -0.39 is 0 Å². The van der Waals surface area contributed by atoms with Crippen LogP contribution in [0.25, 0.3) is 0 Å². The second-order valence-corrected chi connectivity index (χ2v) is 9.75. The Bertz CT molecular complexity index is 1010. The molecule has 5 rings (SSSR count). The molecule has 0 saturated carbocycles. The molecule has 3 aromatic rings. The fourth-order valence-electron chi connectivity index (χ4n) is 5.23. The molecule has 4 nitrogen and oxygen atoms in total. The molecule has 35 heavy (non-hydrogen) atoms. The van der Waals surface area contributed by atoms with Crippen LogP contribution in [0.2, 0.25) is 0 Å². The van der Waals surface area contributed by atoms with Gasteiger partial charge in [-0.05, 0) is 69.6 Å². The Kier molecular flexibility index (Phi) is 9.10. The minimum absolute atomic E-state index is 0.179. The second kappa shape index (κ2) is 12.7. The highest BCUT2D eigenvalue weighted by Gasteiger charge is 2.37. The molecular weight excluding hydrogens is 430 g/mol. The number of benzene rings is 3. The quantitative estimate of drug-likeness (QED) is 0.499. The molecule has 3 aromatic carbocycles. The van der Waals surface area contributed by atoms with Crippen LogP contribution >= 0.6 is 0 Å². The van der Waals surface area contributed by atoms with Gasteiger partial charge in [-0.15, -0.1) is 0 Å². The minimum Gasteiger partial charge on any atom is -0.334 e. The molecule has 2 aliphatic rings. The lowest BCUT2D eigenvalue weighted by molar-refractivity contribution is 0.0707. The first-order valence-electron chi connectivity index (χ1n) is 13.0. The molecule has 1 amide bonds. The summed E-state index contributed by atoms with van der Waals surface area (Å²) in [5, 5.41) is 3.27. The summed E-state index contributed by atoms with van der Waals surface area (Å²) in [5.41, 5.74) is 3.32. The largest absolute Gasteiger partial charge is 0.334 e. The van der Waals surface area contributed by atoms with E-state index >= 15 is 0 Å². The Morgan fingerprint density at radius 3 is 2.17 bits per heavy atom. The molecule has 1 N–H and O–H groups in total. The predicted octanol–water partition coefficient (Wildman–Crippen LogP) is 5.75. The first-order valence-corrected chi connectivity index (χ1v) is 13.0. The average molecular weight is 470 g/mol. The van der Waals surface area contributed by atoms with Crippen molar-refractivity contribution in [1.82, 2.24) is 15.1 Å². The fraction of sp³-hybridized carbons (Fsp3) is 0.387. The molecule has 4 heteroatoms. The first-order chi connectivity index (χ1) is 17.2. The van der Waals surface area contributed by atoms with Gasteiger partial charge in [0, 0.05) is 36.7 Å². The summed E-state index contributed by atoms with van der Waals surface area (Å²) in [6.07, 6.45) is 3.62. The SMILES string of the molecule is CNC(C)c1cccc(C(=O)N2CC(c3ccccc3)CC2CN2CCCC2)c1.c1ccccc1. The lowest BCUT2D eigenvalue weighted by Crippen LogP contribution is -2.42. The molecule has 2 saturated heterocycles. The summed E-state index contributed by atoms with van der Waals surface area (Å²) in [6, 6.07) is 31.4. The number of carbonyl (C=O) groups excluding carboxylic acids is 1. The van der Waals surface area contributed by atoms with Crippen molar-refractivity contribution in [3.05, 3.63) is 108 Å². The third kappa shape index (κ3) is 6.81. The lowest BCUT2D eigenvalue weighted by Gasteiger charge is -2.28. The van der Waals surface area contributed by atoms with Crippen LogP contribution < -0.4 is 5.32 Å². The first kappa shape index (κ1) is 25.2. The van der Waals surface area contributed by atoms with Crippen molar-refractivity contribution in [3.63, 3.8) is 0 Å². The van der Waals surface area contributed by atoms with Crippen LogP contribution in [0.5, 0.6) is 0 Å². The van der Waals surface area contributed by atoms with Gasteiger partial charge < -0.3 is 15.1 Å². The zero-order chi connectivity index (χ0) is 24.5. The van der Waals surface area contributed by atoms with Crippen LogP contribution in [0.1, 0.15) is 59.6 Å². The number of hydrogen-bond acceptors (Lipinski definition) is 3. The maximum absolute atomic E-state index is 13.6. The molecule has 0 bridgehead atoms. The zero-order valence-corrected chi connectivity index (χ0v) is 21.1. The molecule has 0 spiro atoms. The molecular formula is C31H39N3O. The van der Waals surface area contributed by atoms with E-state index in [1.807, 2.05) is 55.6 Å². The normalized spacial score (nSPS) is 20.8. The van der Waals surface area contributed by atoms with Gasteiger partial charge >= 0.3 is 0 Å². The van der Waals surface area contributed by atoms with E-state index in [4.69, 9.17) is 0 Å². The van der Waals surface area contributed by atoms with Gasteiger partial charge in [0.25, 0.3) is 5.91 Å². The Hall–Kier alpha value is -2.95. The molecule has 0 aliphatic carbocycles. The van der Waals surface area contributed by atoms with Crippen LogP contribution in [0.3, 0.4) is 0 Å². The highest BCUT2D eigenvalue weighted by molar-refractivity contribution is 5.95. The van der Waals surface area contributed by atoms with E-state index in [9.17, 15) is 4.79 Å². The Balaban J connectivity index is 0.000000421. The Morgan fingerprint density at radius 1 is 0.914 bits per heavy atom. The van der Waals surface area contributed by atoms with Gasteiger partial charge in [0.1, 0.15) is 0 Å². The summed E-state index contributed by atoms with van der Waals surface area (Å²) in [4.78, 5) is 18.2. The van der Waals surface area contributed by atoms with Crippen molar-refractivity contribution in [2.75, 3.05) is 33.2 Å². The van der Waals surface area contributed by atoms with Crippen molar-refractivity contribution in [2.24, 2.45) is 0 Å². The summed E-state index contributed by atoms with van der Waals surface area (Å²) in [6.45, 7) is 6.28. The highest BCUT2D eigenvalue weighted by Crippen LogP contribution is 2.34. The van der Waals surface area contributed by atoms with Crippen LogP contribution in [0, 0.1) is 0 Å². The number of rotatable bonds is 6. The third-order valence-corrected chi connectivity index (χ3v) is 7.35. The topological polar surface area (TPSA) is 35.6 Å². The average Bonchev–Trinajstić information content (AvgIpc) is 3.60. The van der Waals surface area contributed by atoms with Crippen molar-refractivity contribution in [1.29, 1.82) is 0 Å². The van der Waals surface area contributed by atoms with E-state index in [-0.39, 0.29) is 18.0 Å². The Labute approximate surface area is 211 Å². The number of carbonyl (C=O) groups is 1. The van der Waals surface area contributed by atoms with Crippen LogP contribution in [0.4, 0.5) is 0 Å². The summed E-state index contributed by atoms with van der Waals surface area (Å²) < 4.78 is 0. The molecule has 184 valence electrons. The fourth-order valence-corrected chi connectivity index (χ4v) is 5.23. The van der Waals surface area contributed by atoms with E-state index in [2.05, 4.69) is 64.5 Å². The minimum atomic E-state index is 0.179. The molecule has 0 radical (unpaired) electrons. The second-order valence-electron chi connectivity index (χ2n) is 9.75. The van der Waals surface area contributed by atoms with E-state index in [1.54, 1.807) is 0 Å². The van der Waals surface area contributed by atoms with Gasteiger partial charge in [-0.1, -0.05) is 78.9 Å². The number of hydrogen-bond donors (Lipinski definition) is 1. The molecule has 2 heterocycles. The number of amides is 1. The summed E-state index contributed by atoms with van der Waals surface area (Å²) in [7, 11) is 1.95. The monoisotopic (exact) mass is 469 g/mol. The maximum Gasteiger partial charge on any atom is 0.254 e. The van der Waals surface area contributed by atoms with E-state index in [1.165, 1.54) is 31.5 Å². The van der Waals surface area contributed by atoms with Gasteiger partial charge in [0.05, 0.1) is 0 Å².